The number of carbonyl (C=O) groups is 1. The van der Waals surface area contributed by atoms with Crippen LogP contribution in [0.3, 0.4) is 0 Å². The third-order valence-corrected chi connectivity index (χ3v) is 7.05. The summed E-state index contributed by atoms with van der Waals surface area (Å²) >= 11 is 0. The summed E-state index contributed by atoms with van der Waals surface area (Å²) in [7, 11) is 0. The predicted molar refractivity (Wildman–Crippen MR) is 123 cm³/mol. The van der Waals surface area contributed by atoms with Crippen LogP contribution in [0.25, 0.3) is 0 Å². The molecule has 2 fully saturated rings. The number of nitrogens with zero attached hydrogens (tertiary/aromatic N) is 3. The predicted octanol–water partition coefficient (Wildman–Crippen LogP) is 5.88. The summed E-state index contributed by atoms with van der Waals surface area (Å²) in [5.41, 5.74) is 2.74. The molecule has 2 aliphatic heterocycles. The fraction of sp³-hybridized carbons (Fsp3) is 0.538. The maximum Gasteiger partial charge on any atom is 0.417 e. The first-order valence-corrected chi connectivity index (χ1v) is 11.9. The highest BCUT2D eigenvalue weighted by atomic mass is 19.4. The molecule has 2 aromatic rings. The number of carbonyl (C=O) groups excluding carboxylic acids is 1. The van der Waals surface area contributed by atoms with Crippen LogP contribution in [0, 0.1) is 12.8 Å². The summed E-state index contributed by atoms with van der Waals surface area (Å²) in [4.78, 5) is 22.2. The van der Waals surface area contributed by atoms with Gasteiger partial charge in [0.05, 0.1) is 11.1 Å². The number of hydrogen-bond acceptors (Lipinski definition) is 3. The minimum atomic E-state index is -4.38. The Morgan fingerprint density at radius 2 is 1.85 bits per heavy atom. The van der Waals surface area contributed by atoms with Crippen LogP contribution >= 0.6 is 0 Å². The maximum atomic E-state index is 13.8. The van der Waals surface area contributed by atoms with Gasteiger partial charge < -0.3 is 9.80 Å². The minimum Gasteiger partial charge on any atom is -0.371 e. The van der Waals surface area contributed by atoms with E-state index in [1.807, 2.05) is 17.9 Å². The molecule has 33 heavy (non-hydrogen) atoms. The molecule has 4 rings (SSSR count). The number of aromatic nitrogens is 1. The lowest BCUT2D eigenvalue weighted by Gasteiger charge is -2.41. The molecule has 0 saturated carbocycles. The number of pyridine rings is 1. The van der Waals surface area contributed by atoms with Crippen LogP contribution in [0.5, 0.6) is 0 Å². The van der Waals surface area contributed by atoms with Gasteiger partial charge in [-0.3, -0.25) is 9.78 Å². The minimum absolute atomic E-state index is 0.0438. The van der Waals surface area contributed by atoms with E-state index in [1.165, 1.54) is 6.07 Å². The monoisotopic (exact) mass is 459 g/mol. The van der Waals surface area contributed by atoms with Crippen LogP contribution in [-0.2, 0) is 12.6 Å². The molecule has 0 N–H and O–H groups in total. The Kier molecular flexibility index (Phi) is 6.96. The number of benzene rings is 1. The molecule has 2 saturated heterocycles. The number of halogens is 3. The Hall–Kier alpha value is -2.57. The fourth-order valence-electron chi connectivity index (χ4n) is 5.19. The molecule has 1 aromatic heterocycles. The van der Waals surface area contributed by atoms with Gasteiger partial charge in [-0.2, -0.15) is 13.2 Å². The van der Waals surface area contributed by atoms with Crippen LogP contribution in [0.15, 0.2) is 36.5 Å². The van der Waals surface area contributed by atoms with Crippen molar-refractivity contribution in [2.24, 2.45) is 5.92 Å². The van der Waals surface area contributed by atoms with Crippen LogP contribution in [-0.4, -0.2) is 41.5 Å². The second-order valence-corrected chi connectivity index (χ2v) is 9.47. The largest absolute Gasteiger partial charge is 0.417 e. The molecule has 1 aromatic carbocycles. The van der Waals surface area contributed by atoms with Crippen molar-refractivity contribution in [1.29, 1.82) is 0 Å². The molecule has 3 heterocycles. The van der Waals surface area contributed by atoms with Crippen molar-refractivity contribution >= 4 is 11.6 Å². The lowest BCUT2D eigenvalue weighted by atomic mass is 9.86. The first-order valence-electron chi connectivity index (χ1n) is 11.9. The van der Waals surface area contributed by atoms with Crippen molar-refractivity contribution in [2.45, 2.75) is 64.6 Å². The van der Waals surface area contributed by atoms with Gasteiger partial charge in [0.25, 0.3) is 5.91 Å². The molecule has 178 valence electrons. The van der Waals surface area contributed by atoms with Gasteiger partial charge in [0.1, 0.15) is 0 Å². The fourth-order valence-corrected chi connectivity index (χ4v) is 5.19. The summed E-state index contributed by atoms with van der Waals surface area (Å²) < 4.78 is 38.5. The van der Waals surface area contributed by atoms with E-state index >= 15 is 0 Å². The number of likely N-dealkylation sites (tertiary alicyclic amines) is 1. The first kappa shape index (κ1) is 23.6. The zero-order valence-corrected chi connectivity index (χ0v) is 19.4. The van der Waals surface area contributed by atoms with Gasteiger partial charge in [0.15, 0.2) is 0 Å². The Bertz CT molecular complexity index is 968. The van der Waals surface area contributed by atoms with E-state index in [2.05, 4.69) is 28.9 Å². The Morgan fingerprint density at radius 1 is 1.09 bits per heavy atom. The van der Waals surface area contributed by atoms with Gasteiger partial charge >= 0.3 is 6.18 Å². The van der Waals surface area contributed by atoms with E-state index in [1.54, 1.807) is 0 Å². The lowest BCUT2D eigenvalue weighted by molar-refractivity contribution is -0.137. The van der Waals surface area contributed by atoms with Gasteiger partial charge in [-0.1, -0.05) is 18.6 Å². The van der Waals surface area contributed by atoms with Crippen molar-refractivity contribution in [1.82, 2.24) is 9.88 Å². The molecule has 2 aliphatic rings. The number of hydrogen-bond donors (Lipinski definition) is 0. The van der Waals surface area contributed by atoms with Gasteiger partial charge in [0, 0.05) is 43.3 Å². The van der Waals surface area contributed by atoms with E-state index in [4.69, 9.17) is 0 Å². The smallest absolute Gasteiger partial charge is 0.371 e. The van der Waals surface area contributed by atoms with Gasteiger partial charge in [-0.05, 0) is 75.6 Å². The third-order valence-electron chi connectivity index (χ3n) is 7.05. The van der Waals surface area contributed by atoms with Crippen molar-refractivity contribution < 1.29 is 18.0 Å². The van der Waals surface area contributed by atoms with Crippen molar-refractivity contribution in [2.75, 3.05) is 24.5 Å². The molecule has 1 amide bonds. The average molecular weight is 460 g/mol. The molecule has 0 aliphatic carbocycles. The van der Waals surface area contributed by atoms with Crippen LogP contribution in [0.1, 0.15) is 66.2 Å². The number of aryl methyl sites for hydroxylation is 2. The van der Waals surface area contributed by atoms with Crippen LogP contribution < -0.4 is 4.90 Å². The SMILES string of the molecule is Cc1ccc(N2CCCC2)c(C(=O)N2CCC[C@@H](C)[C@H]2CCc2ccc(C(F)(F)F)cn2)c1. The molecule has 0 radical (unpaired) electrons. The van der Waals surface area contributed by atoms with E-state index < -0.39 is 11.7 Å². The normalized spacial score (nSPS) is 21.5. The number of rotatable bonds is 5. The Labute approximate surface area is 193 Å². The van der Waals surface area contributed by atoms with Gasteiger partial charge in [-0.15, -0.1) is 0 Å². The van der Waals surface area contributed by atoms with E-state index in [9.17, 15) is 18.0 Å². The molecule has 7 heteroatoms. The van der Waals surface area contributed by atoms with Gasteiger partial charge in [0.2, 0.25) is 0 Å². The van der Waals surface area contributed by atoms with Gasteiger partial charge in [-0.25, -0.2) is 0 Å². The first-order chi connectivity index (χ1) is 15.7. The molecular formula is C26H32F3N3O. The molecule has 0 spiro atoms. The summed E-state index contributed by atoms with van der Waals surface area (Å²) in [6, 6.07) is 8.73. The maximum absolute atomic E-state index is 13.8. The third kappa shape index (κ3) is 5.33. The topological polar surface area (TPSA) is 36.4 Å². The van der Waals surface area contributed by atoms with Crippen molar-refractivity contribution in [3.8, 4) is 0 Å². The molecular weight excluding hydrogens is 427 g/mol. The summed E-state index contributed by atoms with van der Waals surface area (Å²) in [5, 5.41) is 0. The van der Waals surface area contributed by atoms with Crippen molar-refractivity contribution in [3.63, 3.8) is 0 Å². The quantitative estimate of drug-likeness (QED) is 0.560. The molecule has 0 bridgehead atoms. The Morgan fingerprint density at radius 3 is 2.52 bits per heavy atom. The van der Waals surface area contributed by atoms with Crippen LogP contribution in [0.2, 0.25) is 0 Å². The zero-order chi connectivity index (χ0) is 23.6. The molecule has 2 atom stereocenters. The molecule has 0 unspecified atom stereocenters. The number of amides is 1. The number of piperidine rings is 1. The summed E-state index contributed by atoms with van der Waals surface area (Å²) in [6.45, 7) is 6.84. The van der Waals surface area contributed by atoms with Crippen molar-refractivity contribution in [3.05, 3.63) is 58.9 Å². The lowest BCUT2D eigenvalue weighted by Crippen LogP contribution is -2.48. The standard InChI is InChI=1S/C26H32F3N3O/c1-18-7-11-24(31-13-3-4-14-31)22(16-18)25(33)32-15-5-6-19(2)23(32)12-10-21-9-8-20(17-30-21)26(27,28)29/h7-9,11,16-17,19,23H,3-6,10,12-15H2,1-2H3/t19-,23-/m1/s1. The highest BCUT2D eigenvalue weighted by Gasteiger charge is 2.34. The highest BCUT2D eigenvalue weighted by molar-refractivity contribution is 6.00. The summed E-state index contributed by atoms with van der Waals surface area (Å²) in [5.74, 6) is 0.398. The number of alkyl halides is 3. The second-order valence-electron chi connectivity index (χ2n) is 9.47. The van der Waals surface area contributed by atoms with E-state index in [0.717, 1.165) is 67.9 Å². The Balaban J connectivity index is 1.53. The molecule has 4 nitrogen and oxygen atoms in total. The highest BCUT2D eigenvalue weighted by Crippen LogP contribution is 2.33. The van der Waals surface area contributed by atoms with E-state index in [-0.39, 0.29) is 11.9 Å². The van der Waals surface area contributed by atoms with E-state index in [0.29, 0.717) is 31.0 Å². The van der Waals surface area contributed by atoms with Crippen LogP contribution in [0.4, 0.5) is 18.9 Å². The zero-order valence-electron chi connectivity index (χ0n) is 19.4. The summed E-state index contributed by atoms with van der Waals surface area (Å²) in [6.07, 6.45) is 2.05. The average Bonchev–Trinajstić information content (AvgIpc) is 3.32. The number of anilines is 1. The second kappa shape index (κ2) is 9.74.